The molecular weight excluding hydrogens is 527 g/mol. The van der Waals surface area contributed by atoms with Gasteiger partial charge in [0.1, 0.15) is 30.1 Å². The van der Waals surface area contributed by atoms with Crippen LogP contribution in [0.4, 0.5) is 19.0 Å². The Balaban J connectivity index is 0.00000172. The molecule has 1 atom stereocenters. The van der Waals surface area contributed by atoms with Gasteiger partial charge in [-0.25, -0.2) is 0 Å². The monoisotopic (exact) mass is 549 g/mol. The molecule has 0 radical (unpaired) electrons. The van der Waals surface area contributed by atoms with Crippen molar-refractivity contribution in [3.63, 3.8) is 0 Å². The first kappa shape index (κ1) is 27.2. The highest BCUT2D eigenvalue weighted by molar-refractivity contribution is 5.39. The Morgan fingerprint density at radius 1 is 1.08 bits per heavy atom. The minimum atomic E-state index is -4.80. The number of fused-ring (bicyclic) bond motifs is 1. The maximum Gasteiger partial charge on any atom is 0.573 e. The van der Waals surface area contributed by atoms with Crippen LogP contribution in [0.25, 0.3) is 5.69 Å². The van der Waals surface area contributed by atoms with E-state index in [9.17, 15) is 23.3 Å². The van der Waals surface area contributed by atoms with Crippen molar-refractivity contribution in [2.75, 3.05) is 6.61 Å². The van der Waals surface area contributed by atoms with E-state index in [4.69, 9.17) is 14.2 Å². The van der Waals surface area contributed by atoms with Gasteiger partial charge >= 0.3 is 24.2 Å². The molecule has 1 aliphatic rings. The second-order valence-electron chi connectivity index (χ2n) is 8.10. The molecule has 0 bridgehead atoms. The molecule has 16 heteroatoms. The number of rotatable bonds is 8. The summed E-state index contributed by atoms with van der Waals surface area (Å²) < 4.78 is 60.8. The van der Waals surface area contributed by atoms with Crippen LogP contribution in [0.1, 0.15) is 20.8 Å². The number of nitrogens with zero attached hydrogens (tertiary/aromatic N) is 7. The molecule has 5 rings (SSSR count). The summed E-state index contributed by atoms with van der Waals surface area (Å²) in [5, 5.41) is 22.1. The number of imidazole rings is 1. The summed E-state index contributed by atoms with van der Waals surface area (Å²) >= 11 is 0. The van der Waals surface area contributed by atoms with Gasteiger partial charge in [0, 0.05) is 4.98 Å². The molecule has 13 nitrogen and oxygen atoms in total. The van der Waals surface area contributed by atoms with Crippen molar-refractivity contribution in [1.82, 2.24) is 29.8 Å². The van der Waals surface area contributed by atoms with Crippen molar-refractivity contribution in [3.8, 4) is 35.0 Å². The van der Waals surface area contributed by atoms with Crippen LogP contribution < -0.4 is 18.9 Å². The van der Waals surface area contributed by atoms with Crippen LogP contribution >= 0.6 is 0 Å². The number of benzene rings is 2. The lowest BCUT2D eigenvalue weighted by atomic mass is 10.1. The Labute approximate surface area is 218 Å². The highest BCUT2D eigenvalue weighted by Crippen LogP contribution is 2.32. The third-order valence-electron chi connectivity index (χ3n) is 5.09. The number of ether oxygens (including phenoxy) is 4. The van der Waals surface area contributed by atoms with E-state index in [1.165, 1.54) is 23.0 Å². The largest absolute Gasteiger partial charge is 0.573 e. The summed E-state index contributed by atoms with van der Waals surface area (Å²) in [5.41, 5.74) is -0.242. The average Bonchev–Trinajstić information content (AvgIpc) is 3.59. The van der Waals surface area contributed by atoms with Crippen molar-refractivity contribution in [2.24, 2.45) is 0 Å². The second kappa shape index (κ2) is 10.8. The van der Waals surface area contributed by atoms with Crippen molar-refractivity contribution in [2.45, 2.75) is 39.3 Å². The van der Waals surface area contributed by atoms with Gasteiger partial charge in [0.25, 0.3) is 0 Å². The number of tetrazole rings is 1. The number of hydrogen-bond donors (Lipinski definition) is 0. The lowest BCUT2D eigenvalue weighted by Crippen LogP contribution is -2.38. The third-order valence-corrected chi connectivity index (χ3v) is 5.09. The van der Waals surface area contributed by atoms with Gasteiger partial charge in [-0.1, -0.05) is 18.9 Å². The molecule has 1 aliphatic heterocycles. The van der Waals surface area contributed by atoms with E-state index in [1.807, 2.05) is 13.8 Å². The average molecular weight is 549 g/mol. The molecule has 0 saturated heterocycles. The SMILES string of the molecule is CC.C[C@]1(COc2ccc(-n3nnnc3Oc3ccc(OC(F)(F)F)cc3)cc2)Cn2cc([N+](=O)[O-])nc2O1. The Morgan fingerprint density at radius 3 is 2.33 bits per heavy atom. The van der Waals surface area contributed by atoms with Crippen LogP contribution in [-0.2, 0) is 6.54 Å². The van der Waals surface area contributed by atoms with Crippen molar-refractivity contribution >= 4 is 5.82 Å². The normalized spacial score (nSPS) is 15.9. The van der Waals surface area contributed by atoms with Crippen molar-refractivity contribution in [3.05, 3.63) is 64.8 Å². The zero-order valence-corrected chi connectivity index (χ0v) is 20.8. The molecule has 0 N–H and O–H groups in total. The molecule has 0 aliphatic carbocycles. The van der Waals surface area contributed by atoms with E-state index >= 15 is 0 Å². The summed E-state index contributed by atoms with van der Waals surface area (Å²) in [6.07, 6.45) is -3.48. The number of alkyl halides is 3. The van der Waals surface area contributed by atoms with Crippen molar-refractivity contribution < 1.29 is 37.0 Å². The first-order valence-electron chi connectivity index (χ1n) is 11.5. The topological polar surface area (TPSA) is 141 Å². The fourth-order valence-electron chi connectivity index (χ4n) is 3.50. The van der Waals surface area contributed by atoms with Crippen LogP contribution in [0.5, 0.6) is 29.3 Å². The molecule has 0 spiro atoms. The standard InChI is InChI=1S/C21H16F3N7O6.C2H6/c1-20(11-29-10-17(31(32)33)25-18(29)37-20)12-34-14-4-2-13(3-5-14)30-19(26-27-28-30)35-15-6-8-16(9-7-15)36-21(22,23)24;1-2/h2-10H,11-12H2,1H3;1-2H3/t20-;/m1./s1. The fourth-order valence-corrected chi connectivity index (χ4v) is 3.50. The zero-order chi connectivity index (χ0) is 28.2. The summed E-state index contributed by atoms with van der Waals surface area (Å²) in [4.78, 5) is 14.1. The zero-order valence-electron chi connectivity index (χ0n) is 20.8. The lowest BCUT2D eigenvalue weighted by molar-refractivity contribution is -0.389. The van der Waals surface area contributed by atoms with Gasteiger partial charge in [0.05, 0.1) is 12.2 Å². The second-order valence-corrected chi connectivity index (χ2v) is 8.10. The summed E-state index contributed by atoms with van der Waals surface area (Å²) in [5.74, 6) is 0.0329. The van der Waals surface area contributed by atoms with Crippen LogP contribution in [-0.4, -0.2) is 53.3 Å². The molecule has 2 aromatic carbocycles. The van der Waals surface area contributed by atoms with E-state index < -0.39 is 22.6 Å². The lowest BCUT2D eigenvalue weighted by Gasteiger charge is -2.22. The van der Waals surface area contributed by atoms with Gasteiger partial charge in [-0.15, -0.1) is 13.2 Å². The van der Waals surface area contributed by atoms with E-state index in [-0.39, 0.29) is 30.2 Å². The molecule has 2 aromatic heterocycles. The molecule has 206 valence electrons. The number of hydrogen-bond acceptors (Lipinski definition) is 10. The Bertz CT molecular complexity index is 1400. The predicted molar refractivity (Wildman–Crippen MR) is 127 cm³/mol. The van der Waals surface area contributed by atoms with Gasteiger partial charge in [0.2, 0.25) is 0 Å². The first-order valence-corrected chi connectivity index (χ1v) is 11.5. The summed E-state index contributed by atoms with van der Waals surface area (Å²) in [6, 6.07) is 11.6. The Morgan fingerprint density at radius 2 is 1.72 bits per heavy atom. The molecule has 4 aromatic rings. The van der Waals surface area contributed by atoms with Gasteiger partial charge in [-0.3, -0.25) is 4.57 Å². The molecule has 0 fully saturated rings. The smallest absolute Gasteiger partial charge is 0.489 e. The minimum Gasteiger partial charge on any atom is -0.489 e. The minimum absolute atomic E-state index is 0.0199. The van der Waals surface area contributed by atoms with Gasteiger partial charge < -0.3 is 29.1 Å². The predicted octanol–water partition coefficient (Wildman–Crippen LogP) is 4.71. The number of aromatic nitrogens is 6. The molecule has 0 amide bonds. The molecular formula is C23H22F3N7O6. The molecule has 0 saturated carbocycles. The fraction of sp³-hybridized carbons (Fsp3) is 0.304. The highest BCUT2D eigenvalue weighted by Gasteiger charge is 2.41. The van der Waals surface area contributed by atoms with E-state index in [2.05, 4.69) is 25.2 Å². The summed E-state index contributed by atoms with van der Waals surface area (Å²) in [6.45, 7) is 6.28. The maximum absolute atomic E-state index is 12.3. The van der Waals surface area contributed by atoms with Crippen molar-refractivity contribution in [1.29, 1.82) is 0 Å². The Kier molecular flexibility index (Phi) is 7.55. The van der Waals surface area contributed by atoms with Crippen LogP contribution in [0.2, 0.25) is 0 Å². The van der Waals surface area contributed by atoms with E-state index in [1.54, 1.807) is 35.8 Å². The number of nitro groups is 1. The van der Waals surface area contributed by atoms with Crippen LogP contribution in [0.3, 0.4) is 0 Å². The molecule has 3 heterocycles. The quantitative estimate of drug-likeness (QED) is 0.224. The maximum atomic E-state index is 12.3. The van der Waals surface area contributed by atoms with E-state index in [0.29, 0.717) is 18.0 Å². The van der Waals surface area contributed by atoms with Gasteiger partial charge in [0.15, 0.2) is 5.60 Å². The molecule has 39 heavy (non-hydrogen) atoms. The number of halogens is 3. The first-order chi connectivity index (χ1) is 18.6. The third kappa shape index (κ3) is 6.52. The van der Waals surface area contributed by atoms with E-state index in [0.717, 1.165) is 12.1 Å². The van der Waals surface area contributed by atoms with Crippen LogP contribution in [0.15, 0.2) is 54.7 Å². The molecule has 0 unspecified atom stereocenters. The Hall–Kier alpha value is -4.89. The van der Waals surface area contributed by atoms with Gasteiger partial charge in [-0.2, -0.15) is 4.68 Å². The highest BCUT2D eigenvalue weighted by atomic mass is 19.4. The summed E-state index contributed by atoms with van der Waals surface area (Å²) in [7, 11) is 0. The van der Waals surface area contributed by atoms with Gasteiger partial charge in [-0.05, 0) is 70.8 Å². The van der Waals surface area contributed by atoms with Crippen LogP contribution in [0, 0.1) is 10.1 Å².